The van der Waals surface area contributed by atoms with Crippen molar-refractivity contribution in [2.75, 3.05) is 7.11 Å². The van der Waals surface area contributed by atoms with Crippen molar-refractivity contribution in [1.82, 2.24) is 0 Å². The number of aliphatic hydroxyl groups is 1. The molecule has 3 atom stereocenters. The van der Waals surface area contributed by atoms with Crippen LogP contribution in [0.4, 0.5) is 0 Å². The lowest BCUT2D eigenvalue weighted by Gasteiger charge is -2.37. The van der Waals surface area contributed by atoms with Crippen LogP contribution in [0.25, 0.3) is 0 Å². The fourth-order valence-electron chi connectivity index (χ4n) is 4.31. The highest BCUT2D eigenvalue weighted by molar-refractivity contribution is 5.59. The van der Waals surface area contributed by atoms with Gasteiger partial charge in [0.25, 0.3) is 0 Å². The maximum Gasteiger partial charge on any atom is 0.203 e. The summed E-state index contributed by atoms with van der Waals surface area (Å²) in [4.78, 5) is 0. The van der Waals surface area contributed by atoms with Crippen LogP contribution in [0.2, 0.25) is 0 Å². The van der Waals surface area contributed by atoms with Crippen LogP contribution >= 0.6 is 0 Å². The third kappa shape index (κ3) is 3.13. The van der Waals surface area contributed by atoms with E-state index in [1.165, 1.54) is 37.4 Å². The molecular formula is C23H22O7. The molecule has 0 saturated carbocycles. The Labute approximate surface area is 172 Å². The molecule has 0 radical (unpaired) electrons. The first-order valence-electron chi connectivity index (χ1n) is 9.42. The topological polar surface area (TPSA) is 131 Å². The van der Waals surface area contributed by atoms with Gasteiger partial charge in [-0.15, -0.1) is 0 Å². The first kappa shape index (κ1) is 19.7. The van der Waals surface area contributed by atoms with Crippen molar-refractivity contribution in [3.05, 3.63) is 70.8 Å². The fraction of sp³-hybridized carbons (Fsp3) is 0.217. The molecule has 7 heteroatoms. The number of methoxy groups -OCH3 is 1. The molecule has 0 bridgehead atoms. The summed E-state index contributed by atoms with van der Waals surface area (Å²) in [6, 6.07) is 12.1. The normalized spacial score (nSPS) is 20.5. The summed E-state index contributed by atoms with van der Waals surface area (Å²) in [5.74, 6) is -2.27. The molecule has 1 aliphatic carbocycles. The number of fused-ring (bicyclic) bond motifs is 1. The standard InChI is InChI=1S/C23H22O7/c1-30-23-18(26)7-5-15(22(23)29)20-14-4-3-13(24)8-12(14)9-16(21(20)28)11-2-6-17(25)19(27)10-11/h2-8,10,16,20-21,24-29H,9H2,1H3. The number of hydrogen-bond acceptors (Lipinski definition) is 7. The molecule has 30 heavy (non-hydrogen) atoms. The van der Waals surface area contributed by atoms with Crippen LogP contribution in [0.1, 0.15) is 34.1 Å². The maximum atomic E-state index is 11.3. The van der Waals surface area contributed by atoms with Crippen molar-refractivity contribution in [3.63, 3.8) is 0 Å². The third-order valence-electron chi connectivity index (χ3n) is 5.76. The molecule has 0 fully saturated rings. The van der Waals surface area contributed by atoms with Gasteiger partial charge in [0, 0.05) is 17.4 Å². The quantitative estimate of drug-likeness (QED) is 0.366. The average molecular weight is 410 g/mol. The largest absolute Gasteiger partial charge is 0.508 e. The van der Waals surface area contributed by atoms with Crippen LogP contribution in [0, 0.1) is 0 Å². The fourth-order valence-corrected chi connectivity index (χ4v) is 4.31. The number of ether oxygens (including phenoxy) is 1. The highest BCUT2D eigenvalue weighted by Crippen LogP contribution is 2.50. The molecule has 0 spiro atoms. The summed E-state index contributed by atoms with van der Waals surface area (Å²) in [6.45, 7) is 0. The second kappa shape index (κ2) is 7.35. The molecule has 0 aliphatic heterocycles. The van der Waals surface area contributed by atoms with Gasteiger partial charge in [-0.25, -0.2) is 0 Å². The predicted octanol–water partition coefficient (Wildman–Crippen LogP) is 3.06. The number of aromatic hydroxyl groups is 5. The number of aliphatic hydroxyl groups excluding tert-OH is 1. The van der Waals surface area contributed by atoms with E-state index in [0.29, 0.717) is 17.5 Å². The smallest absolute Gasteiger partial charge is 0.203 e. The summed E-state index contributed by atoms with van der Waals surface area (Å²) in [5.41, 5.74) is 2.45. The van der Waals surface area contributed by atoms with E-state index in [-0.39, 0.29) is 34.5 Å². The monoisotopic (exact) mass is 410 g/mol. The highest BCUT2D eigenvalue weighted by Gasteiger charge is 2.39. The van der Waals surface area contributed by atoms with E-state index in [0.717, 1.165) is 11.1 Å². The van der Waals surface area contributed by atoms with Gasteiger partial charge in [-0.3, -0.25) is 0 Å². The van der Waals surface area contributed by atoms with Crippen LogP contribution in [0.15, 0.2) is 48.5 Å². The zero-order valence-electron chi connectivity index (χ0n) is 16.1. The lowest BCUT2D eigenvalue weighted by molar-refractivity contribution is 0.116. The van der Waals surface area contributed by atoms with Gasteiger partial charge < -0.3 is 35.4 Å². The number of rotatable bonds is 3. The summed E-state index contributed by atoms with van der Waals surface area (Å²) in [5, 5.41) is 61.6. The predicted molar refractivity (Wildman–Crippen MR) is 108 cm³/mol. The van der Waals surface area contributed by atoms with Crippen LogP contribution in [-0.4, -0.2) is 43.9 Å². The molecule has 1 aliphatic rings. The lowest BCUT2D eigenvalue weighted by atomic mass is 9.69. The molecule has 7 nitrogen and oxygen atoms in total. The van der Waals surface area contributed by atoms with Gasteiger partial charge in [0.15, 0.2) is 23.0 Å². The van der Waals surface area contributed by atoms with Gasteiger partial charge in [0.2, 0.25) is 5.75 Å². The number of phenols is 5. The Balaban J connectivity index is 1.90. The lowest BCUT2D eigenvalue weighted by Crippen LogP contribution is -2.33. The van der Waals surface area contributed by atoms with Crippen molar-refractivity contribution in [3.8, 4) is 34.5 Å². The molecule has 0 aromatic heterocycles. The highest BCUT2D eigenvalue weighted by atomic mass is 16.5. The van der Waals surface area contributed by atoms with Crippen LogP contribution in [0.3, 0.4) is 0 Å². The Morgan fingerprint density at radius 2 is 1.50 bits per heavy atom. The Hall–Kier alpha value is -3.58. The number of phenolic OH excluding ortho intramolecular Hbond substituents is 5. The van der Waals surface area contributed by atoms with Gasteiger partial charge in [0.05, 0.1) is 13.2 Å². The maximum absolute atomic E-state index is 11.3. The van der Waals surface area contributed by atoms with E-state index in [4.69, 9.17) is 4.74 Å². The Kier molecular flexibility index (Phi) is 4.83. The Bertz CT molecular complexity index is 1110. The van der Waals surface area contributed by atoms with Crippen molar-refractivity contribution in [2.45, 2.75) is 24.4 Å². The SMILES string of the molecule is COc1c(O)ccc(C2c3ccc(O)cc3CC(c3ccc(O)c(O)c3)C2O)c1O. The molecule has 156 valence electrons. The van der Waals surface area contributed by atoms with Crippen LogP contribution in [0.5, 0.6) is 34.5 Å². The Morgan fingerprint density at radius 1 is 0.800 bits per heavy atom. The molecule has 4 rings (SSSR count). The summed E-state index contributed by atoms with van der Waals surface area (Å²) < 4.78 is 5.11. The summed E-state index contributed by atoms with van der Waals surface area (Å²) >= 11 is 0. The third-order valence-corrected chi connectivity index (χ3v) is 5.76. The number of benzene rings is 3. The molecule has 0 heterocycles. The van der Waals surface area contributed by atoms with E-state index < -0.39 is 17.9 Å². The molecular weight excluding hydrogens is 388 g/mol. The first-order valence-corrected chi connectivity index (χ1v) is 9.42. The van der Waals surface area contributed by atoms with E-state index in [1.807, 2.05) is 0 Å². The summed E-state index contributed by atoms with van der Waals surface area (Å²) in [7, 11) is 1.32. The molecule has 3 aromatic rings. The summed E-state index contributed by atoms with van der Waals surface area (Å²) in [6.07, 6.45) is -0.632. The van der Waals surface area contributed by atoms with Crippen molar-refractivity contribution >= 4 is 0 Å². The van der Waals surface area contributed by atoms with E-state index in [9.17, 15) is 30.6 Å². The second-order valence-corrected chi connectivity index (χ2v) is 7.47. The van der Waals surface area contributed by atoms with Gasteiger partial charge in [-0.1, -0.05) is 18.2 Å². The zero-order valence-corrected chi connectivity index (χ0v) is 16.1. The van der Waals surface area contributed by atoms with E-state index in [2.05, 4.69) is 0 Å². The Morgan fingerprint density at radius 3 is 2.20 bits per heavy atom. The minimum absolute atomic E-state index is 0.0729. The van der Waals surface area contributed by atoms with Gasteiger partial charge in [0.1, 0.15) is 5.75 Å². The van der Waals surface area contributed by atoms with E-state index in [1.54, 1.807) is 18.2 Å². The molecule has 0 amide bonds. The molecule has 0 saturated heterocycles. The minimum Gasteiger partial charge on any atom is -0.508 e. The van der Waals surface area contributed by atoms with Gasteiger partial charge in [-0.2, -0.15) is 0 Å². The average Bonchev–Trinajstić information content (AvgIpc) is 2.71. The van der Waals surface area contributed by atoms with Gasteiger partial charge in [-0.05, 0) is 53.4 Å². The van der Waals surface area contributed by atoms with E-state index >= 15 is 0 Å². The van der Waals surface area contributed by atoms with Crippen molar-refractivity contribution in [2.24, 2.45) is 0 Å². The van der Waals surface area contributed by atoms with Gasteiger partial charge >= 0.3 is 0 Å². The van der Waals surface area contributed by atoms with Crippen LogP contribution < -0.4 is 4.74 Å². The molecule has 3 unspecified atom stereocenters. The minimum atomic E-state index is -1.01. The van der Waals surface area contributed by atoms with Crippen LogP contribution in [-0.2, 0) is 6.42 Å². The molecule has 3 aromatic carbocycles. The first-order chi connectivity index (χ1) is 14.3. The van der Waals surface area contributed by atoms with Crippen molar-refractivity contribution in [1.29, 1.82) is 0 Å². The second-order valence-electron chi connectivity index (χ2n) is 7.47. The zero-order chi connectivity index (χ0) is 21.6. The molecule has 6 N–H and O–H groups in total. The number of hydrogen-bond donors (Lipinski definition) is 6. The van der Waals surface area contributed by atoms with Crippen molar-refractivity contribution < 1.29 is 35.4 Å².